The van der Waals surface area contributed by atoms with Crippen LogP contribution in [0.1, 0.15) is 29.5 Å². The molecule has 0 N–H and O–H groups in total. The highest BCUT2D eigenvalue weighted by atomic mass is 35.5. The van der Waals surface area contributed by atoms with Gasteiger partial charge in [0.05, 0.1) is 6.33 Å². The van der Waals surface area contributed by atoms with E-state index in [2.05, 4.69) is 49.2 Å². The minimum Gasteiger partial charge on any atom is -0.341 e. The van der Waals surface area contributed by atoms with Crippen molar-refractivity contribution in [3.05, 3.63) is 59.7 Å². The molecule has 4 nitrogen and oxygen atoms in total. The molecule has 0 spiro atoms. The molecule has 2 aromatic rings. The first kappa shape index (κ1) is 19.3. The van der Waals surface area contributed by atoms with E-state index >= 15 is 0 Å². The quantitative estimate of drug-likeness (QED) is 0.831. The van der Waals surface area contributed by atoms with Gasteiger partial charge in [-0.05, 0) is 49.3 Å². The molecule has 0 bridgehead atoms. The number of piperidine rings is 1. The molecule has 1 fully saturated rings. The summed E-state index contributed by atoms with van der Waals surface area (Å²) in [6.45, 7) is 6.39. The topological polar surface area (TPSA) is 38.1 Å². The first-order valence-electron chi connectivity index (χ1n) is 8.61. The number of benzene rings is 1. The number of amides is 1. The zero-order valence-electron chi connectivity index (χ0n) is 14.9. The van der Waals surface area contributed by atoms with Crippen LogP contribution >= 0.6 is 12.4 Å². The lowest BCUT2D eigenvalue weighted by Crippen LogP contribution is -2.39. The van der Waals surface area contributed by atoms with E-state index in [1.807, 2.05) is 15.7 Å². The van der Waals surface area contributed by atoms with Gasteiger partial charge in [0.1, 0.15) is 6.54 Å². The Morgan fingerprint density at radius 2 is 1.92 bits per heavy atom. The Kier molecular flexibility index (Phi) is 6.82. The van der Waals surface area contributed by atoms with Gasteiger partial charge in [-0.15, -0.1) is 12.4 Å². The van der Waals surface area contributed by atoms with Crippen molar-refractivity contribution in [3.63, 3.8) is 0 Å². The molecule has 0 unspecified atom stereocenters. The number of hydrogen-bond donors (Lipinski definition) is 0. The molecule has 1 aliphatic heterocycles. The summed E-state index contributed by atoms with van der Waals surface area (Å²) in [7, 11) is 0. The monoisotopic (exact) mass is 359 g/mol. The maximum atomic E-state index is 12.3. The van der Waals surface area contributed by atoms with E-state index < -0.39 is 0 Å². The first-order chi connectivity index (χ1) is 11.6. The normalized spacial score (nSPS) is 15.4. The molecule has 25 heavy (non-hydrogen) atoms. The van der Waals surface area contributed by atoms with E-state index in [0.29, 0.717) is 12.5 Å². The van der Waals surface area contributed by atoms with Gasteiger partial charge in [-0.25, -0.2) is 4.98 Å². The number of rotatable bonds is 4. The molecular formula is C20H26ClN3O. The van der Waals surface area contributed by atoms with Crippen LogP contribution in [0.5, 0.6) is 0 Å². The smallest absolute Gasteiger partial charge is 0.242 e. The molecule has 1 aromatic heterocycles. The molecular weight excluding hydrogens is 334 g/mol. The lowest BCUT2D eigenvalue weighted by atomic mass is 9.94. The minimum atomic E-state index is 0. The molecule has 1 amide bonds. The Morgan fingerprint density at radius 3 is 2.52 bits per heavy atom. The molecule has 0 atom stereocenters. The molecule has 0 aliphatic carbocycles. The Hall–Kier alpha value is -2.07. The van der Waals surface area contributed by atoms with Crippen LogP contribution in [0.2, 0.25) is 0 Å². The van der Waals surface area contributed by atoms with Crippen LogP contribution in [-0.2, 0) is 11.3 Å². The van der Waals surface area contributed by atoms with Crippen molar-refractivity contribution < 1.29 is 4.79 Å². The van der Waals surface area contributed by atoms with Crippen molar-refractivity contribution in [1.29, 1.82) is 0 Å². The van der Waals surface area contributed by atoms with Gasteiger partial charge in [-0.3, -0.25) is 4.79 Å². The molecule has 134 valence electrons. The number of aromatic nitrogens is 2. The van der Waals surface area contributed by atoms with E-state index in [4.69, 9.17) is 0 Å². The minimum absolute atomic E-state index is 0. The SMILES string of the molecule is Cc1cccc(C)c1C=CC1CCN(C(=O)Cn2ccnc2)CC1.Cl. The van der Waals surface area contributed by atoms with Gasteiger partial charge in [-0.2, -0.15) is 0 Å². The molecule has 1 aromatic carbocycles. The predicted octanol–water partition coefficient (Wildman–Crippen LogP) is 3.87. The number of carbonyl (C=O) groups excluding carboxylic acids is 1. The van der Waals surface area contributed by atoms with Gasteiger partial charge < -0.3 is 9.47 Å². The van der Waals surface area contributed by atoms with E-state index in [9.17, 15) is 4.79 Å². The van der Waals surface area contributed by atoms with Crippen LogP contribution in [0.4, 0.5) is 0 Å². The third-order valence-electron chi connectivity index (χ3n) is 4.85. The summed E-state index contributed by atoms with van der Waals surface area (Å²) in [4.78, 5) is 18.3. The van der Waals surface area contributed by atoms with Crippen molar-refractivity contribution in [3.8, 4) is 0 Å². The molecule has 1 aliphatic rings. The summed E-state index contributed by atoms with van der Waals surface area (Å²) in [6, 6.07) is 6.42. The summed E-state index contributed by atoms with van der Waals surface area (Å²) in [6.07, 6.45) is 11.9. The Balaban J connectivity index is 0.00000225. The second-order valence-electron chi connectivity index (χ2n) is 6.62. The zero-order valence-corrected chi connectivity index (χ0v) is 15.7. The Labute approximate surface area is 156 Å². The summed E-state index contributed by atoms with van der Waals surface area (Å²) >= 11 is 0. The Bertz CT molecular complexity index is 696. The van der Waals surface area contributed by atoms with Crippen molar-refractivity contribution in [2.75, 3.05) is 13.1 Å². The van der Waals surface area contributed by atoms with E-state index in [1.165, 1.54) is 16.7 Å². The lowest BCUT2D eigenvalue weighted by molar-refractivity contribution is -0.133. The molecule has 0 radical (unpaired) electrons. The lowest BCUT2D eigenvalue weighted by Gasteiger charge is -2.31. The number of carbonyl (C=O) groups is 1. The highest BCUT2D eigenvalue weighted by Crippen LogP contribution is 2.22. The fourth-order valence-electron chi connectivity index (χ4n) is 3.30. The Morgan fingerprint density at radius 1 is 1.24 bits per heavy atom. The van der Waals surface area contributed by atoms with Crippen LogP contribution in [0.15, 0.2) is 43.0 Å². The molecule has 3 rings (SSSR count). The van der Waals surface area contributed by atoms with Crippen LogP contribution in [0.3, 0.4) is 0 Å². The van der Waals surface area contributed by atoms with Crippen molar-refractivity contribution in [2.24, 2.45) is 5.92 Å². The van der Waals surface area contributed by atoms with Gasteiger partial charge in [0.2, 0.25) is 5.91 Å². The van der Waals surface area contributed by atoms with Crippen molar-refractivity contribution >= 4 is 24.4 Å². The van der Waals surface area contributed by atoms with Crippen molar-refractivity contribution in [2.45, 2.75) is 33.2 Å². The number of likely N-dealkylation sites (tertiary alicyclic amines) is 1. The number of nitrogens with zero attached hydrogens (tertiary/aromatic N) is 3. The summed E-state index contributed by atoms with van der Waals surface area (Å²) in [5.74, 6) is 0.742. The fourth-order valence-corrected chi connectivity index (χ4v) is 3.30. The number of hydrogen-bond acceptors (Lipinski definition) is 2. The van der Waals surface area contributed by atoms with Crippen LogP contribution < -0.4 is 0 Å². The molecule has 2 heterocycles. The molecule has 5 heteroatoms. The van der Waals surface area contributed by atoms with Crippen LogP contribution in [-0.4, -0.2) is 33.4 Å². The average Bonchev–Trinajstić information content (AvgIpc) is 3.08. The van der Waals surface area contributed by atoms with Gasteiger partial charge in [-0.1, -0.05) is 30.4 Å². The first-order valence-corrected chi connectivity index (χ1v) is 8.61. The number of aryl methyl sites for hydroxylation is 2. The van der Waals surface area contributed by atoms with E-state index in [1.54, 1.807) is 12.5 Å². The molecule has 1 saturated heterocycles. The predicted molar refractivity (Wildman–Crippen MR) is 104 cm³/mol. The van der Waals surface area contributed by atoms with Crippen molar-refractivity contribution in [1.82, 2.24) is 14.5 Å². The average molecular weight is 360 g/mol. The van der Waals surface area contributed by atoms with Gasteiger partial charge >= 0.3 is 0 Å². The fraction of sp³-hybridized carbons (Fsp3) is 0.400. The second-order valence-corrected chi connectivity index (χ2v) is 6.62. The maximum absolute atomic E-state index is 12.3. The van der Waals surface area contributed by atoms with Gasteiger partial charge in [0.25, 0.3) is 0 Å². The maximum Gasteiger partial charge on any atom is 0.242 e. The van der Waals surface area contributed by atoms with Crippen LogP contribution in [0, 0.1) is 19.8 Å². The van der Waals surface area contributed by atoms with E-state index in [-0.39, 0.29) is 18.3 Å². The summed E-state index contributed by atoms with van der Waals surface area (Å²) in [5.41, 5.74) is 3.97. The zero-order chi connectivity index (χ0) is 16.9. The standard InChI is InChI=1S/C20H25N3O.ClH/c1-16-4-3-5-17(2)19(16)7-6-18-8-11-23(12-9-18)20(24)14-22-13-10-21-15-22;/h3-7,10,13,15,18H,8-9,11-12,14H2,1-2H3;1H. The number of allylic oxidation sites excluding steroid dienone is 1. The molecule has 0 saturated carbocycles. The largest absolute Gasteiger partial charge is 0.341 e. The second kappa shape index (κ2) is 8.86. The van der Waals surface area contributed by atoms with Gasteiger partial charge in [0.15, 0.2) is 0 Å². The van der Waals surface area contributed by atoms with Crippen LogP contribution in [0.25, 0.3) is 6.08 Å². The summed E-state index contributed by atoms with van der Waals surface area (Å²) in [5, 5.41) is 0. The number of imidazole rings is 1. The highest BCUT2D eigenvalue weighted by molar-refractivity contribution is 5.85. The van der Waals surface area contributed by atoms with Gasteiger partial charge in [0, 0.05) is 25.5 Å². The highest BCUT2D eigenvalue weighted by Gasteiger charge is 2.21. The summed E-state index contributed by atoms with van der Waals surface area (Å²) < 4.78 is 1.83. The number of halogens is 1. The third-order valence-corrected chi connectivity index (χ3v) is 4.85. The van der Waals surface area contributed by atoms with E-state index in [0.717, 1.165) is 25.9 Å². The third kappa shape index (κ3) is 4.95.